The molecule has 0 spiro atoms. The number of unbranched alkanes of at least 4 members (excludes halogenated alkanes) is 2. The Kier molecular flexibility index (Phi) is 6.85. The van der Waals surface area contributed by atoms with Crippen molar-refractivity contribution in [3.8, 4) is 11.1 Å². The molecule has 0 amide bonds. The van der Waals surface area contributed by atoms with Gasteiger partial charge < -0.3 is 0 Å². The summed E-state index contributed by atoms with van der Waals surface area (Å²) in [5, 5.41) is 0. The van der Waals surface area contributed by atoms with Crippen molar-refractivity contribution in [2.75, 3.05) is 0 Å². The molecule has 2 aromatic rings. The number of hydrogen-bond acceptors (Lipinski definition) is 0. The van der Waals surface area contributed by atoms with Gasteiger partial charge in [-0.2, -0.15) is 0 Å². The molecule has 0 aliphatic heterocycles. The molecular formula is C28H36Br2. The summed E-state index contributed by atoms with van der Waals surface area (Å²) in [6, 6.07) is 14.1. The van der Waals surface area contributed by atoms with Crippen LogP contribution in [-0.2, 0) is 5.41 Å². The highest BCUT2D eigenvalue weighted by Gasteiger charge is 2.52. The van der Waals surface area contributed by atoms with Crippen molar-refractivity contribution in [1.82, 2.24) is 0 Å². The molecule has 3 unspecified atom stereocenters. The van der Waals surface area contributed by atoms with Crippen LogP contribution in [0.25, 0.3) is 11.1 Å². The lowest BCUT2D eigenvalue weighted by Crippen LogP contribution is -2.44. The molecule has 4 rings (SSSR count). The van der Waals surface area contributed by atoms with Gasteiger partial charge in [-0.3, -0.25) is 0 Å². The molecule has 0 saturated heterocycles. The van der Waals surface area contributed by atoms with Gasteiger partial charge >= 0.3 is 0 Å². The molecule has 0 N–H and O–H groups in total. The number of rotatable bonds is 6. The molecule has 0 nitrogen and oxygen atoms in total. The van der Waals surface area contributed by atoms with Crippen molar-refractivity contribution in [3.05, 3.63) is 56.5 Å². The quantitative estimate of drug-likeness (QED) is 0.325. The monoisotopic (exact) mass is 530 g/mol. The van der Waals surface area contributed by atoms with Crippen molar-refractivity contribution in [2.24, 2.45) is 23.7 Å². The van der Waals surface area contributed by atoms with Crippen molar-refractivity contribution in [2.45, 2.75) is 78.1 Å². The third kappa shape index (κ3) is 3.85. The Labute approximate surface area is 200 Å². The van der Waals surface area contributed by atoms with E-state index >= 15 is 0 Å². The van der Waals surface area contributed by atoms with Gasteiger partial charge in [0.15, 0.2) is 0 Å². The highest BCUT2D eigenvalue weighted by Crippen LogP contribution is 2.61. The van der Waals surface area contributed by atoms with Gasteiger partial charge in [-0.15, -0.1) is 0 Å². The van der Waals surface area contributed by atoms with Crippen LogP contribution in [0.4, 0.5) is 0 Å². The highest BCUT2D eigenvalue weighted by atomic mass is 79.9. The minimum Gasteiger partial charge on any atom is -0.0654 e. The maximum absolute atomic E-state index is 3.83. The van der Waals surface area contributed by atoms with Crippen LogP contribution in [0.1, 0.15) is 83.8 Å². The zero-order valence-corrected chi connectivity index (χ0v) is 22.2. The summed E-state index contributed by atoms with van der Waals surface area (Å²) in [6.45, 7) is 9.75. The fourth-order valence-corrected chi connectivity index (χ4v) is 7.39. The van der Waals surface area contributed by atoms with Crippen LogP contribution in [0, 0.1) is 23.7 Å². The van der Waals surface area contributed by atoms with Gasteiger partial charge in [0.25, 0.3) is 0 Å². The second-order valence-corrected chi connectivity index (χ2v) is 12.1. The first-order valence-corrected chi connectivity index (χ1v) is 13.6. The van der Waals surface area contributed by atoms with Crippen LogP contribution >= 0.6 is 31.9 Å². The van der Waals surface area contributed by atoms with E-state index in [4.69, 9.17) is 0 Å². The average Bonchev–Trinajstić information content (AvgIpc) is 2.97. The van der Waals surface area contributed by atoms with Crippen LogP contribution in [-0.4, -0.2) is 0 Å². The lowest BCUT2D eigenvalue weighted by molar-refractivity contribution is 0.0826. The summed E-state index contributed by atoms with van der Waals surface area (Å²) >= 11 is 7.66. The van der Waals surface area contributed by atoms with Crippen LogP contribution in [0.15, 0.2) is 45.3 Å². The lowest BCUT2D eigenvalue weighted by Gasteiger charge is -2.49. The second kappa shape index (κ2) is 9.10. The molecule has 1 saturated carbocycles. The fraction of sp³-hybridized carbons (Fsp3) is 0.571. The average molecular weight is 532 g/mol. The van der Waals surface area contributed by atoms with Crippen molar-refractivity contribution < 1.29 is 0 Å². The predicted molar refractivity (Wildman–Crippen MR) is 137 cm³/mol. The smallest absolute Gasteiger partial charge is 0.0247 e. The summed E-state index contributed by atoms with van der Waals surface area (Å²) in [6.07, 6.45) is 9.31. The van der Waals surface area contributed by atoms with Gasteiger partial charge in [0.1, 0.15) is 0 Å². The Balaban J connectivity index is 1.97. The van der Waals surface area contributed by atoms with Gasteiger partial charge in [0, 0.05) is 14.4 Å². The third-order valence-corrected chi connectivity index (χ3v) is 9.03. The normalized spacial score (nSPS) is 24.7. The molecule has 2 aliphatic rings. The minimum atomic E-state index is 0.136. The maximum Gasteiger partial charge on any atom is 0.0247 e. The maximum atomic E-state index is 3.83. The Bertz CT molecular complexity index is 846. The number of hydrogen-bond donors (Lipinski definition) is 0. The van der Waals surface area contributed by atoms with E-state index in [1.54, 1.807) is 11.1 Å². The van der Waals surface area contributed by atoms with Gasteiger partial charge in [0.2, 0.25) is 0 Å². The molecule has 0 heterocycles. The molecule has 2 aliphatic carbocycles. The molecule has 162 valence electrons. The van der Waals surface area contributed by atoms with E-state index in [2.05, 4.69) is 96.0 Å². The first kappa shape index (κ1) is 22.6. The van der Waals surface area contributed by atoms with E-state index in [0.717, 1.165) is 17.8 Å². The second-order valence-electron chi connectivity index (χ2n) is 10.2. The predicted octanol–water partition coefficient (Wildman–Crippen LogP) is 9.77. The zero-order valence-electron chi connectivity index (χ0n) is 19.0. The molecule has 3 atom stereocenters. The first-order chi connectivity index (χ1) is 14.4. The van der Waals surface area contributed by atoms with Crippen LogP contribution in [0.2, 0.25) is 0 Å². The molecule has 0 bridgehead atoms. The largest absolute Gasteiger partial charge is 0.0654 e. The molecule has 0 aromatic heterocycles. The van der Waals surface area contributed by atoms with E-state index in [1.807, 2.05) is 0 Å². The van der Waals surface area contributed by atoms with E-state index in [0.29, 0.717) is 5.92 Å². The number of benzene rings is 2. The van der Waals surface area contributed by atoms with Crippen LogP contribution < -0.4 is 0 Å². The summed E-state index contributed by atoms with van der Waals surface area (Å²) in [4.78, 5) is 0. The number of fused-ring (bicyclic) bond motifs is 3. The fourth-order valence-electron chi connectivity index (χ4n) is 6.66. The molecule has 2 heteroatoms. The summed E-state index contributed by atoms with van der Waals surface area (Å²) in [5.74, 6) is 3.05. The van der Waals surface area contributed by atoms with E-state index in [1.165, 1.54) is 65.0 Å². The summed E-state index contributed by atoms with van der Waals surface area (Å²) in [5.41, 5.74) is 6.25. The van der Waals surface area contributed by atoms with E-state index in [-0.39, 0.29) is 5.41 Å². The Hall–Kier alpha value is -0.600. The van der Waals surface area contributed by atoms with Crippen molar-refractivity contribution >= 4 is 31.9 Å². The standard InChI is InChI=1S/C28H36Br2/c1-5-6-7-14-28(25-15-19(4)8-11-22(25)18(2)3)26-16-20(29)9-12-23(26)24-13-10-21(30)17-27(24)28/h9-10,12-13,16-19,22,25H,5-8,11,14-15H2,1-4H3. The minimum absolute atomic E-state index is 0.136. The van der Waals surface area contributed by atoms with Gasteiger partial charge in [-0.25, -0.2) is 0 Å². The zero-order chi connectivity index (χ0) is 21.5. The van der Waals surface area contributed by atoms with Crippen molar-refractivity contribution in [3.63, 3.8) is 0 Å². The SMILES string of the molecule is CCCCCC1(C2CC(C)CCC2C(C)C)c2cc(Br)ccc2-c2ccc(Br)cc21. The Morgan fingerprint density at radius 2 is 1.53 bits per heavy atom. The molecule has 0 radical (unpaired) electrons. The van der Waals surface area contributed by atoms with E-state index < -0.39 is 0 Å². The van der Waals surface area contributed by atoms with E-state index in [9.17, 15) is 0 Å². The van der Waals surface area contributed by atoms with Gasteiger partial charge in [0.05, 0.1) is 0 Å². The molecule has 1 fully saturated rings. The van der Waals surface area contributed by atoms with Gasteiger partial charge in [-0.1, -0.05) is 97.4 Å². The summed E-state index contributed by atoms with van der Waals surface area (Å²) in [7, 11) is 0. The molecular weight excluding hydrogens is 496 g/mol. The Morgan fingerprint density at radius 3 is 2.07 bits per heavy atom. The molecule has 2 aromatic carbocycles. The summed E-state index contributed by atoms with van der Waals surface area (Å²) < 4.78 is 2.44. The Morgan fingerprint density at radius 1 is 0.933 bits per heavy atom. The number of halogens is 2. The topological polar surface area (TPSA) is 0 Å². The first-order valence-electron chi connectivity index (χ1n) is 12.0. The highest BCUT2D eigenvalue weighted by molar-refractivity contribution is 9.10. The van der Waals surface area contributed by atoms with Crippen LogP contribution in [0.5, 0.6) is 0 Å². The van der Waals surface area contributed by atoms with Gasteiger partial charge in [-0.05, 0) is 89.5 Å². The third-order valence-electron chi connectivity index (χ3n) is 8.04. The lowest BCUT2D eigenvalue weighted by atomic mass is 9.54. The van der Waals surface area contributed by atoms with Crippen LogP contribution in [0.3, 0.4) is 0 Å². The van der Waals surface area contributed by atoms with Crippen molar-refractivity contribution in [1.29, 1.82) is 0 Å². The molecule has 30 heavy (non-hydrogen) atoms.